The molecule has 0 aliphatic heterocycles. The number of ether oxygens (including phenoxy) is 1. The number of rotatable bonds is 3. The summed E-state index contributed by atoms with van der Waals surface area (Å²) in [7, 11) is 0. The molecular weight excluding hydrogens is 261 g/mol. The molecule has 1 heterocycles. The molecule has 8 heteroatoms. The fourth-order valence-electron chi connectivity index (χ4n) is 1.48. The maximum absolute atomic E-state index is 12.6. The first kappa shape index (κ1) is 13.3. The fraction of sp³-hybridized carbons (Fsp3) is 0.364. The van der Waals surface area contributed by atoms with Crippen LogP contribution in [0.1, 0.15) is 19.7 Å². The van der Waals surface area contributed by atoms with E-state index in [0.717, 1.165) is 0 Å². The Balaban J connectivity index is 2.31. The summed E-state index contributed by atoms with van der Waals surface area (Å²) >= 11 is 0. The summed E-state index contributed by atoms with van der Waals surface area (Å²) in [6.07, 6.45) is -4.61. The summed E-state index contributed by atoms with van der Waals surface area (Å²) in [6.45, 7) is 3.72. The smallest absolute Gasteiger partial charge is 0.453 e. The number of hydrogen-bond acceptors (Lipinski definition) is 4. The van der Waals surface area contributed by atoms with Gasteiger partial charge < -0.3 is 4.74 Å². The van der Waals surface area contributed by atoms with Gasteiger partial charge in [-0.1, -0.05) is 0 Å². The van der Waals surface area contributed by atoms with Crippen molar-refractivity contribution < 1.29 is 17.9 Å². The highest BCUT2D eigenvalue weighted by atomic mass is 19.4. The zero-order valence-corrected chi connectivity index (χ0v) is 10.2. The number of nitrogens with zero attached hydrogens (tertiary/aromatic N) is 4. The van der Waals surface area contributed by atoms with Gasteiger partial charge in [-0.25, -0.2) is 0 Å². The van der Waals surface area contributed by atoms with Crippen molar-refractivity contribution in [2.24, 2.45) is 0 Å². The molecule has 0 saturated carbocycles. The highest BCUT2D eigenvalue weighted by Gasteiger charge is 2.38. The van der Waals surface area contributed by atoms with Crippen molar-refractivity contribution in [1.29, 1.82) is 0 Å². The van der Waals surface area contributed by atoms with Gasteiger partial charge in [-0.3, -0.25) is 0 Å². The second-order valence-electron chi connectivity index (χ2n) is 4.07. The Bertz CT molecular complexity index is 548. The van der Waals surface area contributed by atoms with Crippen LogP contribution in [0.5, 0.6) is 5.75 Å². The van der Waals surface area contributed by atoms with Crippen LogP contribution in [0.2, 0.25) is 0 Å². The maximum atomic E-state index is 12.6. The minimum atomic E-state index is -4.60. The topological polar surface area (TPSA) is 52.8 Å². The van der Waals surface area contributed by atoms with E-state index >= 15 is 0 Å². The lowest BCUT2D eigenvalue weighted by Gasteiger charge is -2.11. The second kappa shape index (κ2) is 4.87. The summed E-state index contributed by atoms with van der Waals surface area (Å²) in [5.74, 6) is -0.592. The van der Waals surface area contributed by atoms with E-state index in [0.29, 0.717) is 10.4 Å². The van der Waals surface area contributed by atoms with Gasteiger partial charge in [0.15, 0.2) is 0 Å². The number of halogens is 3. The van der Waals surface area contributed by atoms with Crippen molar-refractivity contribution in [3.63, 3.8) is 0 Å². The van der Waals surface area contributed by atoms with Crippen molar-refractivity contribution in [3.05, 3.63) is 30.1 Å². The summed E-state index contributed by atoms with van der Waals surface area (Å²) in [6, 6.07) is 6.06. The largest absolute Gasteiger partial charge is 0.491 e. The predicted molar refractivity (Wildman–Crippen MR) is 59.9 cm³/mol. The molecule has 0 bridgehead atoms. The van der Waals surface area contributed by atoms with Crippen LogP contribution in [0, 0.1) is 0 Å². The summed E-state index contributed by atoms with van der Waals surface area (Å²) in [5, 5.41) is 9.37. The van der Waals surface area contributed by atoms with E-state index in [1.165, 1.54) is 12.1 Å². The number of alkyl halides is 3. The van der Waals surface area contributed by atoms with Crippen molar-refractivity contribution in [2.75, 3.05) is 0 Å². The molecule has 5 nitrogen and oxygen atoms in total. The molecule has 0 aliphatic carbocycles. The Hall–Kier alpha value is -2.12. The predicted octanol–water partition coefficient (Wildman–Crippen LogP) is 2.47. The molecule has 1 aromatic heterocycles. The number of aromatic nitrogens is 4. The van der Waals surface area contributed by atoms with Gasteiger partial charge >= 0.3 is 6.18 Å². The Morgan fingerprint density at radius 3 is 2.32 bits per heavy atom. The standard InChI is InChI=1S/C11H11F3N4O/c1-7(2)19-9-5-3-8(4-6-9)18-10(11(12,13)14)15-16-17-18/h3-7H,1-2H3. The van der Waals surface area contributed by atoms with Gasteiger partial charge in [0.1, 0.15) is 5.75 Å². The van der Waals surface area contributed by atoms with E-state index in [1.807, 2.05) is 13.8 Å². The fourth-order valence-corrected chi connectivity index (χ4v) is 1.48. The van der Waals surface area contributed by atoms with E-state index in [4.69, 9.17) is 4.74 Å². The third-order valence-electron chi connectivity index (χ3n) is 2.18. The Kier molecular flexibility index (Phi) is 3.41. The van der Waals surface area contributed by atoms with Crippen LogP contribution in [0.3, 0.4) is 0 Å². The molecule has 0 fully saturated rings. The molecule has 0 saturated heterocycles. The van der Waals surface area contributed by atoms with Crippen LogP contribution in [0.4, 0.5) is 13.2 Å². The van der Waals surface area contributed by atoms with E-state index < -0.39 is 12.0 Å². The highest BCUT2D eigenvalue weighted by molar-refractivity contribution is 5.37. The van der Waals surface area contributed by atoms with Gasteiger partial charge in [-0.2, -0.15) is 17.9 Å². The van der Waals surface area contributed by atoms with Crippen LogP contribution in [0.25, 0.3) is 5.69 Å². The van der Waals surface area contributed by atoms with Crippen LogP contribution >= 0.6 is 0 Å². The minimum absolute atomic E-state index is 0.00961. The van der Waals surface area contributed by atoms with E-state index in [-0.39, 0.29) is 11.8 Å². The molecule has 0 unspecified atom stereocenters. The van der Waals surface area contributed by atoms with Gasteiger partial charge in [0, 0.05) is 0 Å². The quantitative estimate of drug-likeness (QED) is 0.861. The molecule has 0 aliphatic rings. The van der Waals surface area contributed by atoms with E-state index in [9.17, 15) is 13.2 Å². The Morgan fingerprint density at radius 2 is 1.79 bits per heavy atom. The van der Waals surface area contributed by atoms with Gasteiger partial charge in [0.2, 0.25) is 0 Å². The molecule has 1 aromatic carbocycles. The van der Waals surface area contributed by atoms with Gasteiger partial charge in [0.25, 0.3) is 5.82 Å². The van der Waals surface area contributed by atoms with Crippen LogP contribution in [-0.2, 0) is 6.18 Å². The summed E-state index contributed by atoms with van der Waals surface area (Å²) in [5.41, 5.74) is 0.216. The average Bonchev–Trinajstić information content (AvgIpc) is 2.77. The lowest BCUT2D eigenvalue weighted by Crippen LogP contribution is -2.14. The van der Waals surface area contributed by atoms with E-state index in [2.05, 4.69) is 15.5 Å². The van der Waals surface area contributed by atoms with Crippen LogP contribution < -0.4 is 4.74 Å². The first-order valence-corrected chi connectivity index (χ1v) is 5.50. The first-order valence-electron chi connectivity index (χ1n) is 5.50. The highest BCUT2D eigenvalue weighted by Crippen LogP contribution is 2.28. The van der Waals surface area contributed by atoms with Gasteiger partial charge in [-0.15, -0.1) is 5.10 Å². The van der Waals surface area contributed by atoms with Gasteiger partial charge in [0.05, 0.1) is 11.8 Å². The molecule has 0 N–H and O–H groups in total. The number of tetrazole rings is 1. The zero-order valence-electron chi connectivity index (χ0n) is 10.2. The van der Waals surface area contributed by atoms with Crippen molar-refractivity contribution in [2.45, 2.75) is 26.1 Å². The SMILES string of the molecule is CC(C)Oc1ccc(-n2nnnc2C(F)(F)F)cc1. The molecule has 19 heavy (non-hydrogen) atoms. The minimum Gasteiger partial charge on any atom is -0.491 e. The summed E-state index contributed by atoms with van der Waals surface area (Å²) in [4.78, 5) is 0. The number of benzene rings is 1. The molecule has 2 aromatic rings. The lowest BCUT2D eigenvalue weighted by molar-refractivity contribution is -0.146. The third-order valence-corrected chi connectivity index (χ3v) is 2.18. The Labute approximate surface area is 107 Å². The van der Waals surface area contributed by atoms with Crippen molar-refractivity contribution >= 4 is 0 Å². The molecule has 102 valence electrons. The van der Waals surface area contributed by atoms with Crippen molar-refractivity contribution in [1.82, 2.24) is 20.2 Å². The molecule has 0 spiro atoms. The lowest BCUT2D eigenvalue weighted by atomic mass is 10.3. The molecule has 0 atom stereocenters. The first-order chi connectivity index (χ1) is 8.88. The van der Waals surface area contributed by atoms with Gasteiger partial charge in [-0.05, 0) is 48.5 Å². The maximum Gasteiger partial charge on any atom is 0.453 e. The molecule has 0 amide bonds. The normalized spacial score (nSPS) is 11.9. The van der Waals surface area contributed by atoms with Crippen LogP contribution in [0.15, 0.2) is 24.3 Å². The van der Waals surface area contributed by atoms with Crippen molar-refractivity contribution in [3.8, 4) is 11.4 Å². The number of hydrogen-bond donors (Lipinski definition) is 0. The molecule has 2 rings (SSSR count). The monoisotopic (exact) mass is 272 g/mol. The molecular formula is C11H11F3N4O. The van der Waals surface area contributed by atoms with E-state index in [1.54, 1.807) is 12.1 Å². The summed E-state index contributed by atoms with van der Waals surface area (Å²) < 4.78 is 43.9. The second-order valence-corrected chi connectivity index (χ2v) is 4.07. The molecule has 0 radical (unpaired) electrons. The average molecular weight is 272 g/mol. The Morgan fingerprint density at radius 1 is 1.16 bits per heavy atom. The third kappa shape index (κ3) is 3.01. The zero-order chi connectivity index (χ0) is 14.0. The van der Waals surface area contributed by atoms with Crippen LogP contribution in [-0.4, -0.2) is 26.3 Å².